The van der Waals surface area contributed by atoms with Crippen molar-refractivity contribution in [1.82, 2.24) is 4.31 Å². The summed E-state index contributed by atoms with van der Waals surface area (Å²) in [4.78, 5) is 0. The molecule has 1 fully saturated rings. The van der Waals surface area contributed by atoms with Crippen molar-refractivity contribution in [2.45, 2.75) is 0 Å². The van der Waals surface area contributed by atoms with Crippen LogP contribution < -0.4 is 4.72 Å². The Bertz CT molecular complexity index is 532. The molecule has 0 aliphatic carbocycles. The van der Waals surface area contributed by atoms with Gasteiger partial charge in [-0.25, -0.2) is 4.39 Å². The molecular formula is C10H12BrFN2O3S. The zero-order valence-electron chi connectivity index (χ0n) is 9.40. The lowest BCUT2D eigenvalue weighted by Crippen LogP contribution is -2.43. The summed E-state index contributed by atoms with van der Waals surface area (Å²) < 4.78 is 46.3. The lowest BCUT2D eigenvalue weighted by molar-refractivity contribution is 0.0733. The molecule has 0 bridgehead atoms. The number of halogens is 2. The van der Waals surface area contributed by atoms with Crippen LogP contribution in [0.5, 0.6) is 0 Å². The SMILES string of the molecule is O=S(=O)(Nc1cc(F)ccc1Br)N1CCOCC1. The van der Waals surface area contributed by atoms with Gasteiger partial charge in [0, 0.05) is 17.6 Å². The molecule has 1 heterocycles. The van der Waals surface area contributed by atoms with E-state index < -0.39 is 16.0 Å². The molecule has 0 amide bonds. The highest BCUT2D eigenvalue weighted by Crippen LogP contribution is 2.24. The van der Waals surface area contributed by atoms with Crippen LogP contribution in [0.15, 0.2) is 22.7 Å². The van der Waals surface area contributed by atoms with Gasteiger partial charge in [0.05, 0.1) is 18.9 Å². The molecule has 5 nitrogen and oxygen atoms in total. The van der Waals surface area contributed by atoms with Crippen molar-refractivity contribution >= 4 is 31.8 Å². The number of rotatable bonds is 3. The van der Waals surface area contributed by atoms with E-state index in [-0.39, 0.29) is 5.69 Å². The van der Waals surface area contributed by atoms with E-state index in [1.165, 1.54) is 16.4 Å². The molecule has 1 aliphatic rings. The molecule has 1 aromatic rings. The molecule has 0 unspecified atom stereocenters. The fraction of sp³-hybridized carbons (Fsp3) is 0.400. The van der Waals surface area contributed by atoms with Crippen molar-refractivity contribution in [2.75, 3.05) is 31.0 Å². The van der Waals surface area contributed by atoms with Crippen LogP contribution >= 0.6 is 15.9 Å². The summed E-state index contributed by atoms with van der Waals surface area (Å²) in [6.45, 7) is 1.32. The minimum atomic E-state index is -3.67. The summed E-state index contributed by atoms with van der Waals surface area (Å²) in [6.07, 6.45) is 0. The van der Waals surface area contributed by atoms with Crippen molar-refractivity contribution in [1.29, 1.82) is 0 Å². The number of morpholine rings is 1. The summed E-state index contributed by atoms with van der Waals surface area (Å²) in [5, 5.41) is 0. The monoisotopic (exact) mass is 338 g/mol. The normalized spacial score (nSPS) is 17.7. The molecule has 1 aliphatic heterocycles. The molecule has 0 atom stereocenters. The second-order valence-corrected chi connectivity index (χ2v) is 6.27. The van der Waals surface area contributed by atoms with Crippen molar-refractivity contribution < 1.29 is 17.5 Å². The zero-order valence-corrected chi connectivity index (χ0v) is 11.8. The number of nitrogens with one attached hydrogen (secondary N) is 1. The van der Waals surface area contributed by atoms with Gasteiger partial charge in [0.15, 0.2) is 0 Å². The van der Waals surface area contributed by atoms with Crippen LogP contribution in [0.25, 0.3) is 0 Å². The summed E-state index contributed by atoms with van der Waals surface area (Å²) in [5.74, 6) is -0.502. The second-order valence-electron chi connectivity index (χ2n) is 3.74. The van der Waals surface area contributed by atoms with Gasteiger partial charge in [-0.2, -0.15) is 12.7 Å². The van der Waals surface area contributed by atoms with E-state index in [4.69, 9.17) is 4.74 Å². The fourth-order valence-corrected chi connectivity index (χ4v) is 3.25. The Balaban J connectivity index is 2.18. The predicted octanol–water partition coefficient (Wildman–Crippen LogP) is 1.58. The third-order valence-electron chi connectivity index (χ3n) is 2.48. The number of nitrogens with zero attached hydrogens (tertiary/aromatic N) is 1. The molecule has 0 saturated carbocycles. The van der Waals surface area contributed by atoms with Crippen LogP contribution in [0, 0.1) is 5.82 Å². The van der Waals surface area contributed by atoms with Gasteiger partial charge in [-0.05, 0) is 34.1 Å². The maximum Gasteiger partial charge on any atom is 0.301 e. The van der Waals surface area contributed by atoms with Gasteiger partial charge in [-0.3, -0.25) is 4.72 Å². The highest BCUT2D eigenvalue weighted by molar-refractivity contribution is 9.10. The predicted molar refractivity (Wildman–Crippen MR) is 69.0 cm³/mol. The lowest BCUT2D eigenvalue weighted by Gasteiger charge is -2.26. The van der Waals surface area contributed by atoms with Gasteiger partial charge in [-0.1, -0.05) is 0 Å². The number of ether oxygens (including phenoxy) is 1. The number of anilines is 1. The van der Waals surface area contributed by atoms with Gasteiger partial charge in [0.1, 0.15) is 5.82 Å². The van der Waals surface area contributed by atoms with E-state index in [0.717, 1.165) is 6.07 Å². The van der Waals surface area contributed by atoms with Crippen LogP contribution in [0.3, 0.4) is 0 Å². The van der Waals surface area contributed by atoms with Crippen LogP contribution in [-0.4, -0.2) is 39.0 Å². The molecule has 18 heavy (non-hydrogen) atoms. The smallest absolute Gasteiger partial charge is 0.301 e. The molecule has 1 saturated heterocycles. The average molecular weight is 339 g/mol. The Morgan fingerprint density at radius 2 is 2.00 bits per heavy atom. The first-order valence-electron chi connectivity index (χ1n) is 5.30. The van der Waals surface area contributed by atoms with E-state index in [1.54, 1.807) is 0 Å². The van der Waals surface area contributed by atoms with E-state index in [0.29, 0.717) is 30.8 Å². The Kier molecular flexibility index (Phi) is 4.21. The minimum absolute atomic E-state index is 0.182. The standard InChI is InChI=1S/C10H12BrFN2O3S/c11-9-2-1-8(12)7-10(9)13-18(15,16)14-3-5-17-6-4-14/h1-2,7,13H,3-6H2. The van der Waals surface area contributed by atoms with Crippen LogP contribution in [-0.2, 0) is 14.9 Å². The van der Waals surface area contributed by atoms with Crippen LogP contribution in [0.1, 0.15) is 0 Å². The number of benzene rings is 1. The fourth-order valence-electron chi connectivity index (χ4n) is 1.57. The Morgan fingerprint density at radius 1 is 1.33 bits per heavy atom. The molecule has 8 heteroatoms. The zero-order chi connectivity index (χ0) is 13.2. The maximum absolute atomic E-state index is 13.1. The van der Waals surface area contributed by atoms with Crippen molar-refractivity contribution in [3.63, 3.8) is 0 Å². The summed E-state index contributed by atoms with van der Waals surface area (Å²) in [6, 6.07) is 3.82. The minimum Gasteiger partial charge on any atom is -0.379 e. The number of hydrogen-bond acceptors (Lipinski definition) is 3. The van der Waals surface area contributed by atoms with Crippen molar-refractivity contribution in [3.05, 3.63) is 28.5 Å². The highest BCUT2D eigenvalue weighted by atomic mass is 79.9. The quantitative estimate of drug-likeness (QED) is 0.910. The Hall–Kier alpha value is -0.700. The van der Waals surface area contributed by atoms with Crippen molar-refractivity contribution in [2.24, 2.45) is 0 Å². The topological polar surface area (TPSA) is 58.6 Å². The van der Waals surface area contributed by atoms with Gasteiger partial charge in [-0.15, -0.1) is 0 Å². The summed E-state index contributed by atoms with van der Waals surface area (Å²) in [7, 11) is -3.67. The maximum atomic E-state index is 13.1. The van der Waals surface area contributed by atoms with E-state index in [9.17, 15) is 12.8 Å². The average Bonchev–Trinajstić information content (AvgIpc) is 2.35. The van der Waals surface area contributed by atoms with E-state index in [2.05, 4.69) is 20.7 Å². The second kappa shape index (κ2) is 5.52. The largest absolute Gasteiger partial charge is 0.379 e. The molecule has 0 radical (unpaired) electrons. The Morgan fingerprint density at radius 3 is 2.67 bits per heavy atom. The number of hydrogen-bond donors (Lipinski definition) is 1. The van der Waals surface area contributed by atoms with Crippen LogP contribution in [0.2, 0.25) is 0 Å². The molecule has 2 rings (SSSR count). The summed E-state index contributed by atoms with van der Waals surface area (Å²) >= 11 is 3.17. The Labute approximate surface area is 113 Å². The summed E-state index contributed by atoms with van der Waals surface area (Å²) in [5.41, 5.74) is 0.182. The van der Waals surface area contributed by atoms with E-state index >= 15 is 0 Å². The first-order chi connectivity index (χ1) is 8.49. The molecule has 0 spiro atoms. The first-order valence-corrected chi connectivity index (χ1v) is 7.53. The van der Waals surface area contributed by atoms with Gasteiger partial charge in [0.2, 0.25) is 0 Å². The third kappa shape index (κ3) is 3.19. The molecule has 100 valence electrons. The van der Waals surface area contributed by atoms with Crippen LogP contribution in [0.4, 0.5) is 10.1 Å². The molecule has 1 N–H and O–H groups in total. The van der Waals surface area contributed by atoms with Gasteiger partial charge < -0.3 is 4.74 Å². The molecular weight excluding hydrogens is 327 g/mol. The molecule has 1 aromatic carbocycles. The highest BCUT2D eigenvalue weighted by Gasteiger charge is 2.24. The first kappa shape index (κ1) is 13.7. The lowest BCUT2D eigenvalue weighted by atomic mass is 10.3. The third-order valence-corrected chi connectivity index (χ3v) is 4.69. The van der Waals surface area contributed by atoms with E-state index in [1.807, 2.05) is 0 Å². The van der Waals surface area contributed by atoms with Crippen molar-refractivity contribution in [3.8, 4) is 0 Å². The van der Waals surface area contributed by atoms with Gasteiger partial charge >= 0.3 is 10.2 Å². The molecule has 0 aromatic heterocycles. The van der Waals surface area contributed by atoms with Gasteiger partial charge in [0.25, 0.3) is 0 Å².